The van der Waals surface area contributed by atoms with Crippen LogP contribution in [0.1, 0.15) is 31.8 Å². The van der Waals surface area contributed by atoms with Gasteiger partial charge >= 0.3 is 5.97 Å². The number of anilines is 1. The summed E-state index contributed by atoms with van der Waals surface area (Å²) in [6, 6.07) is 22.9. The van der Waals surface area contributed by atoms with Crippen molar-refractivity contribution >= 4 is 23.5 Å². The molecule has 0 aliphatic carbocycles. The van der Waals surface area contributed by atoms with Gasteiger partial charge in [0.2, 0.25) is 0 Å². The molecule has 0 N–H and O–H groups in total. The Bertz CT molecular complexity index is 1520. The van der Waals surface area contributed by atoms with Gasteiger partial charge < -0.3 is 19.3 Å². The average Bonchev–Trinajstić information content (AvgIpc) is 3.16. The molecule has 2 heterocycles. The van der Waals surface area contributed by atoms with E-state index in [1.807, 2.05) is 12.1 Å². The van der Waals surface area contributed by atoms with E-state index in [1.165, 1.54) is 54.6 Å². The molecule has 0 radical (unpaired) electrons. The fraction of sp³-hybridized carbons (Fsp3) is 0.161. The number of methoxy groups -OCH3 is 1. The lowest BCUT2D eigenvalue weighted by Crippen LogP contribution is -2.60. The molecule has 1 aliphatic heterocycles. The number of halogens is 1. The van der Waals surface area contributed by atoms with E-state index < -0.39 is 29.1 Å². The molecule has 1 aliphatic rings. The second-order valence-electron chi connectivity index (χ2n) is 9.14. The molecule has 0 unspecified atom stereocenters. The van der Waals surface area contributed by atoms with Gasteiger partial charge in [-0.1, -0.05) is 60.7 Å². The normalized spacial score (nSPS) is 13.1. The van der Waals surface area contributed by atoms with Crippen LogP contribution in [0.25, 0.3) is 0 Å². The Hall–Kier alpha value is -5.05. The van der Waals surface area contributed by atoms with Gasteiger partial charge in [-0.3, -0.25) is 14.6 Å². The highest BCUT2D eigenvalue weighted by molar-refractivity contribution is 6.10. The SMILES string of the molecule is COC(=O)c1ccncc1N(C)C(=O)C(c1ccccc1)(c1ccccc1)N1CCOc2ccc(F)cc2C1=O. The number of aromatic nitrogens is 1. The Morgan fingerprint density at radius 1 is 1.00 bits per heavy atom. The van der Waals surface area contributed by atoms with Gasteiger partial charge in [0.15, 0.2) is 5.54 Å². The van der Waals surface area contributed by atoms with Crippen molar-refractivity contribution in [3.8, 4) is 5.75 Å². The molecule has 8 nitrogen and oxygen atoms in total. The number of benzene rings is 3. The summed E-state index contributed by atoms with van der Waals surface area (Å²) >= 11 is 0. The fourth-order valence-corrected chi connectivity index (χ4v) is 5.10. The molecule has 0 bridgehead atoms. The number of carbonyl (C=O) groups is 3. The number of hydrogen-bond donors (Lipinski definition) is 0. The molecule has 4 aromatic rings. The van der Waals surface area contributed by atoms with Crippen LogP contribution in [0, 0.1) is 5.82 Å². The number of rotatable bonds is 6. The number of ether oxygens (including phenoxy) is 2. The molecule has 5 rings (SSSR count). The molecule has 0 spiro atoms. The van der Waals surface area contributed by atoms with Crippen molar-refractivity contribution in [1.29, 1.82) is 0 Å². The van der Waals surface area contributed by atoms with E-state index in [1.54, 1.807) is 48.5 Å². The predicted octanol–water partition coefficient (Wildman–Crippen LogP) is 4.45. The lowest BCUT2D eigenvalue weighted by atomic mass is 9.79. The smallest absolute Gasteiger partial charge is 0.340 e. The first-order chi connectivity index (χ1) is 19.4. The Labute approximate surface area is 230 Å². The highest BCUT2D eigenvalue weighted by Crippen LogP contribution is 2.41. The van der Waals surface area contributed by atoms with Crippen LogP contribution in [0.15, 0.2) is 97.3 Å². The third-order valence-electron chi connectivity index (χ3n) is 6.96. The van der Waals surface area contributed by atoms with E-state index in [9.17, 15) is 14.0 Å². The highest BCUT2D eigenvalue weighted by Gasteiger charge is 2.52. The van der Waals surface area contributed by atoms with Crippen LogP contribution in [0.5, 0.6) is 5.75 Å². The molecule has 40 heavy (non-hydrogen) atoms. The molecule has 0 fully saturated rings. The molecule has 1 aromatic heterocycles. The second-order valence-corrected chi connectivity index (χ2v) is 9.14. The number of fused-ring (bicyclic) bond motifs is 1. The zero-order chi connectivity index (χ0) is 28.3. The van der Waals surface area contributed by atoms with Crippen LogP contribution in [-0.2, 0) is 15.1 Å². The van der Waals surface area contributed by atoms with Crippen molar-refractivity contribution in [2.24, 2.45) is 0 Å². The third-order valence-corrected chi connectivity index (χ3v) is 6.96. The van der Waals surface area contributed by atoms with Crippen molar-refractivity contribution in [1.82, 2.24) is 9.88 Å². The zero-order valence-corrected chi connectivity index (χ0v) is 21.9. The maximum absolute atomic E-state index is 15.0. The summed E-state index contributed by atoms with van der Waals surface area (Å²) in [5.74, 6) is -2.16. The van der Waals surface area contributed by atoms with E-state index in [2.05, 4.69) is 4.98 Å². The average molecular weight is 540 g/mol. The number of pyridine rings is 1. The molecule has 202 valence electrons. The molecule has 0 saturated carbocycles. The summed E-state index contributed by atoms with van der Waals surface area (Å²) in [5.41, 5.74) is -0.429. The second kappa shape index (κ2) is 11.0. The summed E-state index contributed by atoms with van der Waals surface area (Å²) in [7, 11) is 2.76. The van der Waals surface area contributed by atoms with Crippen LogP contribution < -0.4 is 9.64 Å². The fourth-order valence-electron chi connectivity index (χ4n) is 5.10. The summed E-state index contributed by atoms with van der Waals surface area (Å²) < 4.78 is 25.2. The van der Waals surface area contributed by atoms with E-state index in [4.69, 9.17) is 9.47 Å². The Kier molecular flexibility index (Phi) is 7.29. The first kappa shape index (κ1) is 26.6. The lowest BCUT2D eigenvalue weighted by Gasteiger charge is -2.44. The third kappa shape index (κ3) is 4.45. The number of likely N-dealkylation sites (N-methyl/N-ethyl adjacent to an activating group) is 1. The van der Waals surface area contributed by atoms with Crippen molar-refractivity contribution in [2.45, 2.75) is 5.54 Å². The van der Waals surface area contributed by atoms with Gasteiger partial charge in [-0.25, -0.2) is 9.18 Å². The number of nitrogens with zero attached hydrogens (tertiary/aromatic N) is 3. The standard InChI is InChI=1S/C31H26FN3O5/c1-34(26-20-33-16-15-24(26)29(37)39-2)30(38)31(21-9-5-3-6-10-21,22-11-7-4-8-12-22)35-17-18-40-27-14-13-23(32)19-25(27)28(35)36/h3-16,19-20H,17-18H2,1-2H3. The molecule has 3 aromatic carbocycles. The minimum Gasteiger partial charge on any atom is -0.491 e. The minimum atomic E-state index is -1.74. The monoisotopic (exact) mass is 539 g/mol. The first-order valence-corrected chi connectivity index (χ1v) is 12.6. The van der Waals surface area contributed by atoms with Gasteiger partial charge in [0.05, 0.1) is 36.7 Å². The van der Waals surface area contributed by atoms with Crippen LogP contribution >= 0.6 is 0 Å². The van der Waals surface area contributed by atoms with E-state index in [0.29, 0.717) is 11.1 Å². The maximum atomic E-state index is 15.0. The quantitative estimate of drug-likeness (QED) is 0.337. The summed E-state index contributed by atoms with van der Waals surface area (Å²) in [5, 5.41) is 0. The molecular formula is C31H26FN3O5. The van der Waals surface area contributed by atoms with Gasteiger partial charge in [0.1, 0.15) is 18.2 Å². The van der Waals surface area contributed by atoms with E-state index >= 15 is 4.79 Å². The van der Waals surface area contributed by atoms with Gasteiger partial charge in [0, 0.05) is 13.2 Å². The summed E-state index contributed by atoms with van der Waals surface area (Å²) in [6.45, 7) is 0.0679. The Morgan fingerprint density at radius 3 is 2.27 bits per heavy atom. The van der Waals surface area contributed by atoms with Gasteiger partial charge in [-0.2, -0.15) is 0 Å². The maximum Gasteiger partial charge on any atom is 0.340 e. The zero-order valence-electron chi connectivity index (χ0n) is 21.9. The summed E-state index contributed by atoms with van der Waals surface area (Å²) in [4.78, 5) is 48.7. The number of esters is 1. The summed E-state index contributed by atoms with van der Waals surface area (Å²) in [6.07, 6.45) is 2.82. The minimum absolute atomic E-state index is 0.000757. The first-order valence-electron chi connectivity index (χ1n) is 12.6. The van der Waals surface area contributed by atoms with Crippen molar-refractivity contribution in [3.63, 3.8) is 0 Å². The molecule has 0 atom stereocenters. The van der Waals surface area contributed by atoms with Crippen LogP contribution in [0.4, 0.5) is 10.1 Å². The van der Waals surface area contributed by atoms with Gasteiger partial charge in [-0.05, 0) is 35.4 Å². The van der Waals surface area contributed by atoms with E-state index in [-0.39, 0.29) is 35.7 Å². The largest absolute Gasteiger partial charge is 0.491 e. The van der Waals surface area contributed by atoms with Crippen LogP contribution in [0.3, 0.4) is 0 Å². The molecule has 2 amide bonds. The van der Waals surface area contributed by atoms with Gasteiger partial charge in [0.25, 0.3) is 11.8 Å². The van der Waals surface area contributed by atoms with Crippen molar-refractivity contribution in [3.05, 3.63) is 125 Å². The highest BCUT2D eigenvalue weighted by atomic mass is 19.1. The van der Waals surface area contributed by atoms with Gasteiger partial charge in [-0.15, -0.1) is 0 Å². The molecule has 0 saturated heterocycles. The molecular weight excluding hydrogens is 513 g/mol. The number of amides is 2. The Morgan fingerprint density at radius 2 is 1.65 bits per heavy atom. The lowest BCUT2D eigenvalue weighted by molar-refractivity contribution is -0.127. The van der Waals surface area contributed by atoms with Crippen LogP contribution in [-0.4, -0.2) is 55.0 Å². The topological polar surface area (TPSA) is 89.0 Å². The number of hydrogen-bond acceptors (Lipinski definition) is 6. The Balaban J connectivity index is 1.79. The number of carbonyl (C=O) groups excluding carboxylic acids is 3. The van der Waals surface area contributed by atoms with Crippen molar-refractivity contribution < 1.29 is 28.2 Å². The van der Waals surface area contributed by atoms with E-state index in [0.717, 1.165) is 6.07 Å². The molecule has 9 heteroatoms. The predicted molar refractivity (Wildman–Crippen MR) is 146 cm³/mol. The van der Waals surface area contributed by atoms with Crippen LogP contribution in [0.2, 0.25) is 0 Å². The van der Waals surface area contributed by atoms with Crippen molar-refractivity contribution in [2.75, 3.05) is 32.2 Å².